The van der Waals surface area contributed by atoms with Crippen molar-refractivity contribution in [3.8, 4) is 28.9 Å². The van der Waals surface area contributed by atoms with E-state index in [9.17, 15) is 9.90 Å². The van der Waals surface area contributed by atoms with Crippen LogP contribution in [0.4, 0.5) is 0 Å². The Morgan fingerprint density at radius 1 is 1.09 bits per heavy atom. The van der Waals surface area contributed by atoms with Crippen LogP contribution in [-0.4, -0.2) is 67.8 Å². The summed E-state index contributed by atoms with van der Waals surface area (Å²) in [6, 6.07) is 11.5. The molecule has 1 saturated carbocycles. The fraction of sp³-hybridized carbons (Fsp3) is 0.333. The van der Waals surface area contributed by atoms with E-state index in [2.05, 4.69) is 21.1 Å². The van der Waals surface area contributed by atoms with Crippen LogP contribution in [0.5, 0.6) is 5.88 Å². The zero-order valence-electron chi connectivity index (χ0n) is 17.9. The monoisotopic (exact) mass is 428 g/mol. The topological polar surface area (TPSA) is 98.3 Å². The Hall–Kier alpha value is -3.70. The number of nitrogens with zero attached hydrogens (tertiary/aromatic N) is 6. The number of benzene rings is 1. The average Bonchev–Trinajstić information content (AvgIpc) is 3.61. The van der Waals surface area contributed by atoms with Crippen molar-refractivity contribution in [3.05, 3.63) is 59.4 Å². The number of amides is 1. The lowest BCUT2D eigenvalue weighted by Gasteiger charge is -2.34. The van der Waals surface area contributed by atoms with Crippen LogP contribution in [0.15, 0.2) is 42.7 Å². The predicted octanol–water partition coefficient (Wildman–Crippen LogP) is 2.74. The molecular formula is C24H24N6O2. The summed E-state index contributed by atoms with van der Waals surface area (Å²) in [5.41, 5.74) is 3.32. The number of aromatic hydroxyl groups is 1. The maximum atomic E-state index is 12.9. The van der Waals surface area contributed by atoms with E-state index in [4.69, 9.17) is 5.26 Å². The molecule has 2 aromatic heterocycles. The van der Waals surface area contributed by atoms with Crippen LogP contribution in [0.25, 0.3) is 16.9 Å². The Balaban J connectivity index is 1.32. The molecule has 0 atom stereocenters. The number of nitriles is 1. The number of aromatic nitrogens is 3. The van der Waals surface area contributed by atoms with Gasteiger partial charge in [-0.3, -0.25) is 9.69 Å². The molecule has 32 heavy (non-hydrogen) atoms. The van der Waals surface area contributed by atoms with Gasteiger partial charge in [0.05, 0.1) is 29.0 Å². The van der Waals surface area contributed by atoms with E-state index in [1.165, 1.54) is 17.5 Å². The molecule has 162 valence electrons. The standard InChI is InChI=1S/C24H24N6O2/c1-16-12-17(13-25)2-6-20(16)21-15-27-30(24(21)32)22-7-3-18(14-26-22)23(31)29-10-8-28(9-11-29)19-4-5-19/h2-3,6-7,12,14-15,19,32H,4-5,8-11H2,1H3. The van der Waals surface area contributed by atoms with Crippen molar-refractivity contribution in [1.29, 1.82) is 5.26 Å². The second-order valence-corrected chi connectivity index (χ2v) is 8.40. The number of aryl methyl sites for hydroxylation is 1. The van der Waals surface area contributed by atoms with Crippen molar-refractivity contribution in [3.63, 3.8) is 0 Å². The normalized spacial score (nSPS) is 16.7. The van der Waals surface area contributed by atoms with Gasteiger partial charge < -0.3 is 10.0 Å². The summed E-state index contributed by atoms with van der Waals surface area (Å²) in [6.07, 6.45) is 5.68. The van der Waals surface area contributed by atoms with Crippen molar-refractivity contribution >= 4 is 5.91 Å². The number of hydrogen-bond donors (Lipinski definition) is 1. The van der Waals surface area contributed by atoms with E-state index < -0.39 is 0 Å². The van der Waals surface area contributed by atoms with Crippen LogP contribution in [-0.2, 0) is 0 Å². The first-order valence-electron chi connectivity index (χ1n) is 10.8. The molecule has 1 aliphatic carbocycles. The van der Waals surface area contributed by atoms with Gasteiger partial charge in [0.1, 0.15) is 0 Å². The van der Waals surface area contributed by atoms with E-state index in [1.807, 2.05) is 11.8 Å². The highest BCUT2D eigenvalue weighted by atomic mass is 16.3. The maximum Gasteiger partial charge on any atom is 0.255 e. The van der Waals surface area contributed by atoms with Crippen LogP contribution in [0.3, 0.4) is 0 Å². The molecule has 1 saturated heterocycles. The number of rotatable bonds is 4. The van der Waals surface area contributed by atoms with Crippen LogP contribution in [0, 0.1) is 18.3 Å². The molecule has 3 aromatic rings. The van der Waals surface area contributed by atoms with E-state index in [1.54, 1.807) is 42.7 Å². The molecule has 0 unspecified atom stereocenters. The first-order valence-corrected chi connectivity index (χ1v) is 10.8. The summed E-state index contributed by atoms with van der Waals surface area (Å²) in [5, 5.41) is 24.1. The molecule has 2 fully saturated rings. The average molecular weight is 428 g/mol. The maximum absolute atomic E-state index is 12.9. The summed E-state index contributed by atoms with van der Waals surface area (Å²) in [5.74, 6) is 0.369. The van der Waals surface area contributed by atoms with Gasteiger partial charge in [-0.05, 0) is 55.2 Å². The zero-order valence-corrected chi connectivity index (χ0v) is 17.9. The van der Waals surface area contributed by atoms with Gasteiger partial charge in [-0.15, -0.1) is 0 Å². The second kappa shape index (κ2) is 8.09. The summed E-state index contributed by atoms with van der Waals surface area (Å²) in [6.45, 7) is 5.23. The summed E-state index contributed by atoms with van der Waals surface area (Å²) >= 11 is 0. The Labute approximate surface area is 186 Å². The smallest absolute Gasteiger partial charge is 0.255 e. The van der Waals surface area contributed by atoms with E-state index in [0.29, 0.717) is 22.5 Å². The number of hydrogen-bond acceptors (Lipinski definition) is 6. The molecule has 0 bridgehead atoms. The van der Waals surface area contributed by atoms with Gasteiger partial charge in [0.2, 0.25) is 5.88 Å². The molecular weight excluding hydrogens is 404 g/mol. The van der Waals surface area contributed by atoms with Gasteiger partial charge in [-0.2, -0.15) is 15.0 Å². The highest BCUT2D eigenvalue weighted by Crippen LogP contribution is 2.33. The van der Waals surface area contributed by atoms with E-state index in [0.717, 1.165) is 43.3 Å². The molecule has 5 rings (SSSR count). The lowest BCUT2D eigenvalue weighted by Crippen LogP contribution is -2.49. The van der Waals surface area contributed by atoms with Crippen molar-refractivity contribution in [2.24, 2.45) is 0 Å². The molecule has 3 heterocycles. The Morgan fingerprint density at radius 2 is 1.88 bits per heavy atom. The largest absolute Gasteiger partial charge is 0.493 e. The molecule has 8 heteroatoms. The number of carbonyl (C=O) groups excluding carboxylic acids is 1. The molecule has 1 aromatic carbocycles. The fourth-order valence-corrected chi connectivity index (χ4v) is 4.29. The Morgan fingerprint density at radius 3 is 2.50 bits per heavy atom. The van der Waals surface area contributed by atoms with Crippen LogP contribution < -0.4 is 0 Å². The number of carbonyl (C=O) groups is 1. The summed E-state index contributed by atoms with van der Waals surface area (Å²) in [7, 11) is 0. The van der Waals surface area contributed by atoms with Crippen molar-refractivity contribution < 1.29 is 9.90 Å². The molecule has 0 radical (unpaired) electrons. The fourth-order valence-electron chi connectivity index (χ4n) is 4.29. The first-order chi connectivity index (χ1) is 15.5. The van der Waals surface area contributed by atoms with Gasteiger partial charge in [0, 0.05) is 38.4 Å². The van der Waals surface area contributed by atoms with Crippen molar-refractivity contribution in [2.75, 3.05) is 26.2 Å². The lowest BCUT2D eigenvalue weighted by molar-refractivity contribution is 0.0627. The lowest BCUT2D eigenvalue weighted by atomic mass is 10.0. The quantitative estimate of drug-likeness (QED) is 0.686. The molecule has 1 aliphatic heterocycles. The van der Waals surface area contributed by atoms with Crippen LogP contribution in [0.2, 0.25) is 0 Å². The highest BCUT2D eigenvalue weighted by molar-refractivity contribution is 5.94. The van der Waals surface area contributed by atoms with E-state index in [-0.39, 0.29) is 11.8 Å². The number of piperazine rings is 1. The summed E-state index contributed by atoms with van der Waals surface area (Å²) < 4.78 is 1.34. The van der Waals surface area contributed by atoms with Crippen molar-refractivity contribution in [1.82, 2.24) is 24.6 Å². The van der Waals surface area contributed by atoms with Crippen LogP contribution in [0.1, 0.15) is 34.3 Å². The van der Waals surface area contributed by atoms with Gasteiger partial charge in [0.15, 0.2) is 5.82 Å². The van der Waals surface area contributed by atoms with Crippen LogP contribution >= 0.6 is 0 Å². The van der Waals surface area contributed by atoms with Gasteiger partial charge in [-0.1, -0.05) is 6.07 Å². The molecule has 2 aliphatic rings. The first kappa shape index (κ1) is 20.2. The predicted molar refractivity (Wildman–Crippen MR) is 118 cm³/mol. The molecule has 1 N–H and O–H groups in total. The summed E-state index contributed by atoms with van der Waals surface area (Å²) in [4.78, 5) is 21.6. The third-order valence-electron chi connectivity index (χ3n) is 6.27. The van der Waals surface area contributed by atoms with E-state index >= 15 is 0 Å². The Bertz CT molecular complexity index is 1200. The van der Waals surface area contributed by atoms with Crippen molar-refractivity contribution in [2.45, 2.75) is 25.8 Å². The molecule has 1 amide bonds. The SMILES string of the molecule is Cc1cc(C#N)ccc1-c1cnn(-c2ccc(C(=O)N3CCN(C4CC4)CC3)cn2)c1O. The molecule has 8 nitrogen and oxygen atoms in total. The number of pyridine rings is 1. The third-order valence-corrected chi connectivity index (χ3v) is 6.27. The minimum Gasteiger partial charge on any atom is -0.493 e. The third kappa shape index (κ3) is 3.72. The van der Waals surface area contributed by atoms with Gasteiger partial charge in [-0.25, -0.2) is 4.98 Å². The molecule has 0 spiro atoms. The van der Waals surface area contributed by atoms with Gasteiger partial charge >= 0.3 is 0 Å². The second-order valence-electron chi connectivity index (χ2n) is 8.40. The Kier molecular flexibility index (Phi) is 5.11. The highest BCUT2D eigenvalue weighted by Gasteiger charge is 2.32. The zero-order chi connectivity index (χ0) is 22.2. The minimum absolute atomic E-state index is 0.0157. The van der Waals surface area contributed by atoms with Gasteiger partial charge in [0.25, 0.3) is 5.91 Å². The minimum atomic E-state index is -0.0411.